The average molecular weight is 527 g/mol. The van der Waals surface area contributed by atoms with E-state index in [0.717, 1.165) is 12.0 Å². The zero-order valence-corrected chi connectivity index (χ0v) is 24.1. The zero-order valence-electron chi connectivity index (χ0n) is 23.1. The highest BCUT2D eigenvalue weighted by atomic mass is 28.3. The molecule has 196 valence electrons. The summed E-state index contributed by atoms with van der Waals surface area (Å²) in [5.41, 5.74) is 2.94. The van der Waals surface area contributed by atoms with E-state index >= 15 is 0 Å². The molecule has 1 aliphatic carbocycles. The summed E-state index contributed by atoms with van der Waals surface area (Å²) < 4.78 is 2.27. The quantitative estimate of drug-likeness (QED) is 0.206. The maximum atomic E-state index is 4.26. The van der Waals surface area contributed by atoms with Crippen molar-refractivity contribution in [2.45, 2.75) is 50.6 Å². The lowest BCUT2D eigenvalue weighted by Gasteiger charge is -2.33. The lowest BCUT2D eigenvalue weighted by atomic mass is 9.37. The van der Waals surface area contributed by atoms with Crippen LogP contribution >= 0.6 is 0 Å². The topological polar surface area (TPSA) is 17.8 Å². The van der Waals surface area contributed by atoms with Gasteiger partial charge in [-0.2, -0.15) is 0 Å². The van der Waals surface area contributed by atoms with E-state index in [2.05, 4.69) is 144 Å². The molecule has 0 saturated heterocycles. The first-order valence-corrected chi connectivity index (χ1v) is 16.9. The van der Waals surface area contributed by atoms with Gasteiger partial charge in [-0.3, -0.25) is 0 Å². The van der Waals surface area contributed by atoms with Gasteiger partial charge in [0.05, 0.1) is 6.33 Å². The van der Waals surface area contributed by atoms with E-state index in [4.69, 9.17) is 0 Å². The van der Waals surface area contributed by atoms with Crippen LogP contribution in [0.3, 0.4) is 0 Å². The normalized spacial score (nSPS) is 12.8. The molecule has 0 amide bonds. The molecule has 5 aromatic rings. The molecule has 4 aromatic carbocycles. The molecule has 6 rings (SSSR count). The Morgan fingerprint density at radius 2 is 1.21 bits per heavy atom. The van der Waals surface area contributed by atoms with Gasteiger partial charge in [-0.25, -0.2) is 4.98 Å². The fourth-order valence-corrected chi connectivity index (χ4v) is 10.8. The van der Waals surface area contributed by atoms with Crippen molar-refractivity contribution in [1.29, 1.82) is 0 Å². The summed E-state index contributed by atoms with van der Waals surface area (Å²) in [4.78, 5) is 4.26. The second kappa shape index (κ2) is 13.4. The van der Waals surface area contributed by atoms with Crippen molar-refractivity contribution in [2.24, 2.45) is 0 Å². The van der Waals surface area contributed by atoms with Crippen LogP contribution in [-0.4, -0.2) is 24.3 Å². The average Bonchev–Trinajstić information content (AvgIpc) is 3.71. The second-order valence-electron chi connectivity index (χ2n) is 10.8. The van der Waals surface area contributed by atoms with Crippen LogP contribution in [0.5, 0.6) is 0 Å². The Balaban J connectivity index is 0.000000168. The smallest absolute Gasteiger partial charge is 0.212 e. The Kier molecular flexibility index (Phi) is 9.29. The van der Waals surface area contributed by atoms with Crippen LogP contribution in [0.25, 0.3) is 0 Å². The third-order valence-electron chi connectivity index (χ3n) is 8.03. The van der Waals surface area contributed by atoms with E-state index in [1.807, 2.05) is 12.5 Å². The Hall–Kier alpha value is -3.63. The largest absolute Gasteiger partial charge is 0.340 e. The Labute approximate surface area is 235 Å². The monoisotopic (exact) mass is 526 g/mol. The van der Waals surface area contributed by atoms with E-state index in [9.17, 15) is 0 Å². The van der Waals surface area contributed by atoms with E-state index in [1.54, 1.807) is 0 Å². The summed E-state index contributed by atoms with van der Waals surface area (Å²) in [6.07, 6.45) is 12.3. The molecule has 1 heterocycles. The predicted octanol–water partition coefficient (Wildman–Crippen LogP) is 5.95. The highest BCUT2D eigenvalue weighted by Gasteiger charge is 2.37. The number of aromatic nitrogens is 2. The highest BCUT2D eigenvalue weighted by molar-refractivity contribution is 7.01. The van der Waals surface area contributed by atoms with E-state index in [1.165, 1.54) is 53.0 Å². The number of hydrogen-bond donors (Lipinski definition) is 0. The lowest BCUT2D eigenvalue weighted by Crippen LogP contribution is -2.61. The van der Waals surface area contributed by atoms with Crippen molar-refractivity contribution >= 4 is 36.1 Å². The van der Waals surface area contributed by atoms with Crippen molar-refractivity contribution in [3.05, 3.63) is 140 Å². The first kappa shape index (κ1) is 27.0. The summed E-state index contributed by atoms with van der Waals surface area (Å²) in [6, 6.07) is 45.3. The van der Waals surface area contributed by atoms with Crippen LogP contribution in [-0.2, 0) is 6.17 Å². The molecule has 1 saturated carbocycles. The Morgan fingerprint density at radius 3 is 1.62 bits per heavy atom. The second-order valence-corrected chi connectivity index (χ2v) is 14.9. The summed E-state index contributed by atoms with van der Waals surface area (Å²) in [7, 11) is -1.85. The van der Waals surface area contributed by atoms with Crippen molar-refractivity contribution in [1.82, 2.24) is 9.55 Å². The van der Waals surface area contributed by atoms with Gasteiger partial charge < -0.3 is 4.57 Å². The number of rotatable bonds is 10. The molecule has 0 radical (unpaired) electrons. The number of nitrogens with zero attached hydrogens (tertiary/aromatic N) is 2. The van der Waals surface area contributed by atoms with Gasteiger partial charge in [0, 0.05) is 18.6 Å². The minimum Gasteiger partial charge on any atom is -0.340 e. The van der Waals surface area contributed by atoms with Gasteiger partial charge in [0.1, 0.15) is 8.07 Å². The maximum absolute atomic E-state index is 4.26. The number of benzene rings is 4. The molecule has 2 nitrogen and oxygen atoms in total. The van der Waals surface area contributed by atoms with Crippen molar-refractivity contribution in [3.8, 4) is 0 Å². The standard InChI is InChI=1S/C20H24N2Si.C15H15B/c1-2-3-16-23(18-22-15-14-21-17-22,19-10-6-4-7-11-19)20-12-8-5-9-13-20;1-3-7-13(8-4-1)16(15-11-12-15)14-9-5-2-6-10-14/h4-15,17H,2-3,16,18H2,1H3;1-10,15H,11-12H2. The molecule has 1 aliphatic rings. The van der Waals surface area contributed by atoms with Crippen LogP contribution in [0.2, 0.25) is 11.9 Å². The molecule has 0 N–H and O–H groups in total. The van der Waals surface area contributed by atoms with Crippen LogP contribution in [0.1, 0.15) is 32.6 Å². The third-order valence-corrected chi connectivity index (χ3v) is 13.0. The molecule has 39 heavy (non-hydrogen) atoms. The Morgan fingerprint density at radius 1 is 0.718 bits per heavy atom. The number of unbranched alkanes of at least 4 members (excludes halogenated alkanes) is 1. The fourth-order valence-electron chi connectivity index (χ4n) is 5.89. The van der Waals surface area contributed by atoms with Crippen molar-refractivity contribution < 1.29 is 0 Å². The molecule has 1 aromatic heterocycles. The minimum atomic E-state index is -1.85. The van der Waals surface area contributed by atoms with Crippen molar-refractivity contribution in [3.63, 3.8) is 0 Å². The zero-order chi connectivity index (χ0) is 26.8. The maximum Gasteiger partial charge on any atom is 0.212 e. The van der Waals surface area contributed by atoms with Gasteiger partial charge in [0.2, 0.25) is 6.71 Å². The van der Waals surface area contributed by atoms with Gasteiger partial charge in [0.15, 0.2) is 0 Å². The first-order valence-electron chi connectivity index (χ1n) is 14.5. The number of hydrogen-bond acceptors (Lipinski definition) is 1. The molecule has 0 aliphatic heterocycles. The van der Waals surface area contributed by atoms with E-state index in [0.29, 0.717) is 6.71 Å². The molecular formula is C35H39BN2Si. The molecule has 4 heteroatoms. The van der Waals surface area contributed by atoms with E-state index < -0.39 is 8.07 Å². The van der Waals surface area contributed by atoms with E-state index in [-0.39, 0.29) is 0 Å². The van der Waals surface area contributed by atoms with Gasteiger partial charge in [-0.1, -0.05) is 181 Å². The minimum absolute atomic E-state index is 0.613. The van der Waals surface area contributed by atoms with Gasteiger partial charge in [-0.05, 0) is 6.04 Å². The summed E-state index contributed by atoms with van der Waals surface area (Å²) in [5, 5.41) is 3.04. The SMILES string of the molecule is CCCC[Si](Cn1ccnc1)(c1ccccc1)c1ccccc1.c1ccc(B(c2ccccc2)C2CC2)cc1. The highest BCUT2D eigenvalue weighted by Crippen LogP contribution is 2.38. The first-order chi connectivity index (χ1) is 19.3. The summed E-state index contributed by atoms with van der Waals surface area (Å²) in [6.45, 7) is 2.90. The summed E-state index contributed by atoms with van der Waals surface area (Å²) >= 11 is 0. The number of imidazole rings is 1. The fraction of sp³-hybridized carbons (Fsp3) is 0.229. The lowest BCUT2D eigenvalue weighted by molar-refractivity contribution is 0.818. The predicted molar refractivity (Wildman–Crippen MR) is 171 cm³/mol. The van der Waals surface area contributed by atoms with Crippen LogP contribution in [0.4, 0.5) is 0 Å². The molecule has 1 fully saturated rings. The van der Waals surface area contributed by atoms with Crippen LogP contribution < -0.4 is 21.3 Å². The summed E-state index contributed by atoms with van der Waals surface area (Å²) in [5.74, 6) is 0.866. The van der Waals surface area contributed by atoms with Gasteiger partial charge >= 0.3 is 0 Å². The molecule has 0 unspecified atom stereocenters. The molecular weight excluding hydrogens is 487 g/mol. The van der Waals surface area contributed by atoms with Gasteiger partial charge in [-0.15, -0.1) is 0 Å². The molecule has 0 spiro atoms. The van der Waals surface area contributed by atoms with Crippen LogP contribution in [0, 0.1) is 0 Å². The molecule has 0 bridgehead atoms. The van der Waals surface area contributed by atoms with Gasteiger partial charge in [0.25, 0.3) is 0 Å². The molecule has 0 atom stereocenters. The third kappa shape index (κ3) is 6.88. The van der Waals surface area contributed by atoms with Crippen molar-refractivity contribution in [2.75, 3.05) is 0 Å². The van der Waals surface area contributed by atoms with Crippen LogP contribution in [0.15, 0.2) is 140 Å². The Bertz CT molecular complexity index is 1280.